The predicted molar refractivity (Wildman–Crippen MR) is 52.3 cm³/mol. The summed E-state index contributed by atoms with van der Waals surface area (Å²) in [6, 6.07) is -0.0620. The third-order valence-electron chi connectivity index (χ3n) is 1.97. The number of hydrogen-bond donors (Lipinski definition) is 1. The highest BCUT2D eigenvalue weighted by molar-refractivity contribution is 5.78. The maximum Gasteiger partial charge on any atom is 0.207 e. The molecule has 1 amide bonds. The van der Waals surface area contributed by atoms with E-state index in [0.29, 0.717) is 25.7 Å². The molecule has 0 saturated carbocycles. The fourth-order valence-corrected chi connectivity index (χ4v) is 1.04. The smallest absolute Gasteiger partial charge is 0.207 e. The number of ketones is 1. The summed E-state index contributed by atoms with van der Waals surface area (Å²) in [5.41, 5.74) is 0.885. The van der Waals surface area contributed by atoms with Crippen molar-refractivity contribution in [2.24, 2.45) is 0 Å². The van der Waals surface area contributed by atoms with Gasteiger partial charge >= 0.3 is 0 Å². The topological polar surface area (TPSA) is 46.2 Å². The molecule has 1 unspecified atom stereocenters. The van der Waals surface area contributed by atoms with Gasteiger partial charge in [-0.25, -0.2) is 0 Å². The van der Waals surface area contributed by atoms with Crippen LogP contribution in [0.2, 0.25) is 0 Å². The van der Waals surface area contributed by atoms with Gasteiger partial charge in [-0.3, -0.25) is 9.59 Å². The van der Waals surface area contributed by atoms with Gasteiger partial charge in [0.1, 0.15) is 5.78 Å². The second kappa shape index (κ2) is 6.40. The lowest BCUT2D eigenvalue weighted by Crippen LogP contribution is -2.29. The molecule has 1 atom stereocenters. The lowest BCUT2D eigenvalue weighted by Gasteiger charge is -2.14. The number of amides is 1. The lowest BCUT2D eigenvalue weighted by atomic mass is 10.0. The second-order valence-electron chi connectivity index (χ2n) is 3.11. The van der Waals surface area contributed by atoms with E-state index in [1.54, 1.807) is 0 Å². The first-order valence-corrected chi connectivity index (χ1v) is 4.48. The third-order valence-corrected chi connectivity index (χ3v) is 1.97. The second-order valence-corrected chi connectivity index (χ2v) is 3.11. The zero-order valence-corrected chi connectivity index (χ0v) is 8.30. The summed E-state index contributed by atoms with van der Waals surface area (Å²) in [7, 11) is 0. The molecule has 3 nitrogen and oxygen atoms in total. The van der Waals surface area contributed by atoms with Crippen molar-refractivity contribution in [2.75, 3.05) is 0 Å². The molecular weight excluding hydrogens is 166 g/mol. The summed E-state index contributed by atoms with van der Waals surface area (Å²) < 4.78 is 0. The first-order chi connectivity index (χ1) is 6.11. The monoisotopic (exact) mass is 183 g/mol. The van der Waals surface area contributed by atoms with Gasteiger partial charge in [0.15, 0.2) is 0 Å². The van der Waals surface area contributed by atoms with Gasteiger partial charge in [-0.15, -0.1) is 0 Å². The molecular formula is C10H17NO2. The minimum Gasteiger partial charge on any atom is -0.352 e. The van der Waals surface area contributed by atoms with Crippen molar-refractivity contribution >= 4 is 12.2 Å². The molecule has 0 spiro atoms. The number of nitrogens with one attached hydrogen (secondary N) is 1. The molecule has 74 valence electrons. The highest BCUT2D eigenvalue weighted by atomic mass is 16.1. The van der Waals surface area contributed by atoms with Crippen LogP contribution in [0.5, 0.6) is 0 Å². The van der Waals surface area contributed by atoms with E-state index in [0.717, 1.165) is 5.57 Å². The zero-order valence-electron chi connectivity index (χ0n) is 8.30. The van der Waals surface area contributed by atoms with Crippen molar-refractivity contribution in [3.05, 3.63) is 12.2 Å². The van der Waals surface area contributed by atoms with E-state index >= 15 is 0 Å². The first kappa shape index (κ1) is 11.9. The number of rotatable bonds is 7. The molecule has 0 aliphatic heterocycles. The van der Waals surface area contributed by atoms with Gasteiger partial charge in [0.05, 0.1) is 0 Å². The van der Waals surface area contributed by atoms with E-state index < -0.39 is 0 Å². The van der Waals surface area contributed by atoms with Crippen molar-refractivity contribution in [1.82, 2.24) is 5.32 Å². The van der Waals surface area contributed by atoms with Crippen LogP contribution in [0, 0.1) is 0 Å². The Morgan fingerprint density at radius 1 is 1.62 bits per heavy atom. The summed E-state index contributed by atoms with van der Waals surface area (Å²) in [5.74, 6) is 0.221. The molecule has 0 heterocycles. The minimum atomic E-state index is -0.0620. The van der Waals surface area contributed by atoms with Gasteiger partial charge in [0, 0.05) is 18.9 Å². The summed E-state index contributed by atoms with van der Waals surface area (Å²) in [5, 5.41) is 2.63. The summed E-state index contributed by atoms with van der Waals surface area (Å²) in [4.78, 5) is 21.2. The SMILES string of the molecule is C=C(C)C(CCC(=O)CC)NC=O. The Bertz CT molecular complexity index is 199. The molecule has 0 bridgehead atoms. The van der Waals surface area contributed by atoms with Crippen LogP contribution in [0.15, 0.2) is 12.2 Å². The largest absolute Gasteiger partial charge is 0.352 e. The van der Waals surface area contributed by atoms with Gasteiger partial charge in [0.25, 0.3) is 0 Å². The Hall–Kier alpha value is -1.12. The van der Waals surface area contributed by atoms with Crippen LogP contribution in [0.25, 0.3) is 0 Å². The average Bonchev–Trinajstić information content (AvgIpc) is 2.11. The van der Waals surface area contributed by atoms with E-state index in [1.165, 1.54) is 0 Å². The molecule has 3 heteroatoms. The number of hydrogen-bond acceptors (Lipinski definition) is 2. The minimum absolute atomic E-state index is 0.0620. The van der Waals surface area contributed by atoms with E-state index in [4.69, 9.17) is 0 Å². The van der Waals surface area contributed by atoms with Crippen LogP contribution < -0.4 is 5.32 Å². The van der Waals surface area contributed by atoms with Crippen molar-refractivity contribution in [2.45, 2.75) is 39.2 Å². The maximum atomic E-state index is 11.0. The first-order valence-electron chi connectivity index (χ1n) is 4.48. The van der Waals surface area contributed by atoms with Crippen molar-refractivity contribution in [3.63, 3.8) is 0 Å². The van der Waals surface area contributed by atoms with E-state index in [2.05, 4.69) is 11.9 Å². The molecule has 0 rings (SSSR count). The Morgan fingerprint density at radius 2 is 2.23 bits per heavy atom. The molecule has 0 fully saturated rings. The van der Waals surface area contributed by atoms with Crippen LogP contribution >= 0.6 is 0 Å². The Kier molecular flexibility index (Phi) is 5.85. The fourth-order valence-electron chi connectivity index (χ4n) is 1.04. The molecule has 0 aromatic rings. The van der Waals surface area contributed by atoms with Gasteiger partial charge in [0.2, 0.25) is 6.41 Å². The third kappa shape index (κ3) is 5.17. The quantitative estimate of drug-likeness (QED) is 0.479. The summed E-state index contributed by atoms with van der Waals surface area (Å²) in [6.45, 7) is 7.43. The Labute approximate surface area is 79.2 Å². The molecule has 0 aromatic heterocycles. The van der Waals surface area contributed by atoms with Gasteiger partial charge in [-0.05, 0) is 13.3 Å². The van der Waals surface area contributed by atoms with Gasteiger partial charge in [-0.1, -0.05) is 19.1 Å². The molecule has 0 aliphatic rings. The van der Waals surface area contributed by atoms with E-state index in [1.807, 2.05) is 13.8 Å². The zero-order chi connectivity index (χ0) is 10.3. The van der Waals surface area contributed by atoms with Crippen molar-refractivity contribution in [1.29, 1.82) is 0 Å². The van der Waals surface area contributed by atoms with Crippen LogP contribution in [-0.2, 0) is 9.59 Å². The maximum absolute atomic E-state index is 11.0. The van der Waals surface area contributed by atoms with E-state index in [-0.39, 0.29) is 11.8 Å². The van der Waals surface area contributed by atoms with Crippen LogP contribution in [-0.4, -0.2) is 18.2 Å². The lowest BCUT2D eigenvalue weighted by molar-refractivity contribution is -0.119. The molecule has 0 saturated heterocycles. The van der Waals surface area contributed by atoms with Crippen LogP contribution in [0.4, 0.5) is 0 Å². The van der Waals surface area contributed by atoms with Crippen LogP contribution in [0.3, 0.4) is 0 Å². The molecule has 13 heavy (non-hydrogen) atoms. The number of carbonyl (C=O) groups excluding carboxylic acids is 2. The fraction of sp³-hybridized carbons (Fsp3) is 0.600. The van der Waals surface area contributed by atoms with Gasteiger partial charge in [-0.2, -0.15) is 0 Å². The standard InChI is InChI=1S/C10H17NO2/c1-4-9(13)5-6-10(8(2)3)11-7-12/h7,10H,2,4-6H2,1,3H3,(H,11,12). The summed E-state index contributed by atoms with van der Waals surface area (Å²) in [6.07, 6.45) is 2.37. The van der Waals surface area contributed by atoms with Crippen molar-refractivity contribution in [3.8, 4) is 0 Å². The Morgan fingerprint density at radius 3 is 2.62 bits per heavy atom. The molecule has 0 aliphatic carbocycles. The van der Waals surface area contributed by atoms with Crippen molar-refractivity contribution < 1.29 is 9.59 Å². The van der Waals surface area contributed by atoms with E-state index in [9.17, 15) is 9.59 Å². The highest BCUT2D eigenvalue weighted by Gasteiger charge is 2.09. The Balaban J connectivity index is 3.88. The van der Waals surface area contributed by atoms with Crippen LogP contribution in [0.1, 0.15) is 33.1 Å². The summed E-state index contributed by atoms with van der Waals surface area (Å²) >= 11 is 0. The number of carbonyl (C=O) groups is 2. The van der Waals surface area contributed by atoms with Gasteiger partial charge < -0.3 is 5.32 Å². The highest BCUT2D eigenvalue weighted by Crippen LogP contribution is 2.06. The molecule has 0 aromatic carbocycles. The number of Topliss-reactive ketones (excluding diaryl/α,β-unsaturated/α-hetero) is 1. The molecule has 0 radical (unpaired) electrons. The normalized spacial score (nSPS) is 11.8. The molecule has 1 N–H and O–H groups in total. The average molecular weight is 183 g/mol. The predicted octanol–water partition coefficient (Wildman–Crippen LogP) is 1.44.